The highest BCUT2D eigenvalue weighted by atomic mass is 16.5. The molecule has 3 heteroatoms. The molecule has 0 saturated carbocycles. The summed E-state index contributed by atoms with van der Waals surface area (Å²) in [7, 11) is 0. The van der Waals surface area contributed by atoms with Crippen molar-refractivity contribution in [3.63, 3.8) is 0 Å². The molecule has 0 aromatic heterocycles. The lowest BCUT2D eigenvalue weighted by Gasteiger charge is -2.08. The molecule has 0 unspecified atom stereocenters. The van der Waals surface area contributed by atoms with Gasteiger partial charge in [0.1, 0.15) is 5.75 Å². The van der Waals surface area contributed by atoms with Crippen LogP contribution in [0, 0.1) is 6.92 Å². The number of hydrogen-bond donors (Lipinski definition) is 1. The van der Waals surface area contributed by atoms with E-state index in [-0.39, 0.29) is 5.92 Å². The van der Waals surface area contributed by atoms with Gasteiger partial charge in [-0.3, -0.25) is 0 Å². The van der Waals surface area contributed by atoms with Crippen molar-refractivity contribution in [3.8, 4) is 5.75 Å². The number of ether oxygens (including phenoxy) is 1. The minimum Gasteiger partial charge on any atom is -0.478 e. The molecule has 2 rings (SSSR count). The van der Waals surface area contributed by atoms with Gasteiger partial charge in [0.05, 0.1) is 0 Å². The number of rotatable bonds is 1. The zero-order valence-corrected chi connectivity index (χ0v) is 8.15. The number of benzene rings is 1. The summed E-state index contributed by atoms with van der Waals surface area (Å²) >= 11 is 0. The van der Waals surface area contributed by atoms with Crippen LogP contribution in [0.25, 0.3) is 0 Å². The smallest absolute Gasteiger partial charge is 0.345 e. The molecule has 0 fully saturated rings. The minimum atomic E-state index is -0.897. The summed E-state index contributed by atoms with van der Waals surface area (Å²) in [4.78, 5) is 10.8. The second kappa shape index (κ2) is 3.01. The van der Waals surface area contributed by atoms with Crippen LogP contribution >= 0.6 is 0 Å². The largest absolute Gasteiger partial charge is 0.478 e. The molecule has 3 nitrogen and oxygen atoms in total. The van der Waals surface area contributed by atoms with Crippen LogP contribution in [0.15, 0.2) is 18.2 Å². The number of carboxylic acid groups (broad SMARTS) is 1. The molecule has 1 aliphatic heterocycles. The van der Waals surface area contributed by atoms with Crippen molar-refractivity contribution in [2.75, 3.05) is 0 Å². The van der Waals surface area contributed by atoms with Crippen LogP contribution in [0.5, 0.6) is 5.75 Å². The predicted molar refractivity (Wildman–Crippen MR) is 51.6 cm³/mol. The van der Waals surface area contributed by atoms with Crippen molar-refractivity contribution in [2.45, 2.75) is 25.9 Å². The maximum absolute atomic E-state index is 10.8. The summed E-state index contributed by atoms with van der Waals surface area (Å²) in [5, 5.41) is 8.90. The Balaban J connectivity index is 2.40. The van der Waals surface area contributed by atoms with E-state index in [1.165, 1.54) is 0 Å². The average molecular weight is 192 g/mol. The molecule has 0 bridgehead atoms. The van der Waals surface area contributed by atoms with Crippen LogP contribution in [-0.2, 0) is 4.79 Å². The highest BCUT2D eigenvalue weighted by molar-refractivity contribution is 5.76. The quantitative estimate of drug-likeness (QED) is 0.739. The molecule has 1 aromatic carbocycles. The molecular formula is C11H12O3. The van der Waals surface area contributed by atoms with Crippen LogP contribution in [-0.4, -0.2) is 17.2 Å². The van der Waals surface area contributed by atoms with E-state index in [2.05, 4.69) is 0 Å². The van der Waals surface area contributed by atoms with E-state index in [9.17, 15) is 4.79 Å². The highest BCUT2D eigenvalue weighted by Gasteiger charge is 2.36. The molecular weight excluding hydrogens is 180 g/mol. The average Bonchev–Trinajstić information content (AvgIpc) is 2.43. The zero-order chi connectivity index (χ0) is 10.3. The molecule has 2 atom stereocenters. The number of carbonyl (C=O) groups is 1. The van der Waals surface area contributed by atoms with Crippen molar-refractivity contribution >= 4 is 5.97 Å². The van der Waals surface area contributed by atoms with Crippen LogP contribution in [0.1, 0.15) is 24.0 Å². The van der Waals surface area contributed by atoms with Gasteiger partial charge in [-0.05, 0) is 18.6 Å². The summed E-state index contributed by atoms with van der Waals surface area (Å²) in [6.45, 7) is 3.84. The maximum Gasteiger partial charge on any atom is 0.345 e. The Morgan fingerprint density at radius 1 is 1.50 bits per heavy atom. The molecule has 1 aliphatic rings. The molecule has 14 heavy (non-hydrogen) atoms. The first-order chi connectivity index (χ1) is 6.59. The van der Waals surface area contributed by atoms with Crippen molar-refractivity contribution < 1.29 is 14.6 Å². The third kappa shape index (κ3) is 1.25. The van der Waals surface area contributed by atoms with Gasteiger partial charge in [-0.2, -0.15) is 0 Å². The molecule has 0 radical (unpaired) electrons. The lowest BCUT2D eigenvalue weighted by molar-refractivity contribution is -0.144. The summed E-state index contributed by atoms with van der Waals surface area (Å²) in [6.07, 6.45) is -0.730. The molecule has 0 aliphatic carbocycles. The van der Waals surface area contributed by atoms with E-state index >= 15 is 0 Å². The fraction of sp³-hybridized carbons (Fsp3) is 0.364. The maximum atomic E-state index is 10.8. The Labute approximate surface area is 82.3 Å². The molecule has 1 aromatic rings. The van der Waals surface area contributed by atoms with E-state index in [0.29, 0.717) is 5.75 Å². The van der Waals surface area contributed by atoms with E-state index < -0.39 is 12.1 Å². The normalized spacial score (nSPS) is 24.1. The SMILES string of the molecule is Cc1ccc2c(c1)O[C@H](C(=O)O)[C@H]2C. The fourth-order valence-electron chi connectivity index (χ4n) is 1.79. The third-order valence-electron chi connectivity index (χ3n) is 2.61. The standard InChI is InChI=1S/C11H12O3/c1-6-3-4-8-7(2)10(11(12)13)14-9(8)5-6/h3-5,7,10H,1-2H3,(H,12,13)/t7-,10-/m0/s1. The van der Waals surface area contributed by atoms with E-state index in [4.69, 9.17) is 9.84 Å². The molecule has 0 saturated heterocycles. The lowest BCUT2D eigenvalue weighted by Crippen LogP contribution is -2.27. The van der Waals surface area contributed by atoms with Gasteiger partial charge in [0.2, 0.25) is 6.10 Å². The summed E-state index contributed by atoms with van der Waals surface area (Å²) in [6, 6.07) is 5.80. The zero-order valence-electron chi connectivity index (χ0n) is 8.15. The topological polar surface area (TPSA) is 46.5 Å². The van der Waals surface area contributed by atoms with Gasteiger partial charge in [-0.1, -0.05) is 19.1 Å². The molecule has 0 amide bonds. The molecule has 74 valence electrons. The van der Waals surface area contributed by atoms with Gasteiger partial charge in [-0.25, -0.2) is 4.79 Å². The number of hydrogen-bond acceptors (Lipinski definition) is 2. The number of fused-ring (bicyclic) bond motifs is 1. The molecule has 1 heterocycles. The predicted octanol–water partition coefficient (Wildman–Crippen LogP) is 1.94. The Bertz CT molecular complexity index is 384. The van der Waals surface area contributed by atoms with Gasteiger partial charge in [0, 0.05) is 11.5 Å². The van der Waals surface area contributed by atoms with Gasteiger partial charge in [-0.15, -0.1) is 0 Å². The Kier molecular flexibility index (Phi) is 1.95. The second-order valence-corrected chi connectivity index (χ2v) is 3.71. The Morgan fingerprint density at radius 3 is 2.86 bits per heavy atom. The van der Waals surface area contributed by atoms with Gasteiger partial charge in [0.15, 0.2) is 0 Å². The van der Waals surface area contributed by atoms with Crippen molar-refractivity contribution in [2.24, 2.45) is 0 Å². The van der Waals surface area contributed by atoms with Crippen molar-refractivity contribution in [3.05, 3.63) is 29.3 Å². The molecule has 0 spiro atoms. The number of aliphatic carboxylic acids is 1. The number of carboxylic acids is 1. The van der Waals surface area contributed by atoms with Gasteiger partial charge < -0.3 is 9.84 Å². The lowest BCUT2D eigenvalue weighted by atomic mass is 9.97. The Morgan fingerprint density at radius 2 is 2.21 bits per heavy atom. The number of aryl methyl sites for hydroxylation is 1. The van der Waals surface area contributed by atoms with Crippen molar-refractivity contribution in [1.82, 2.24) is 0 Å². The first-order valence-electron chi connectivity index (χ1n) is 4.59. The second-order valence-electron chi connectivity index (χ2n) is 3.71. The van der Waals surface area contributed by atoms with E-state index in [0.717, 1.165) is 11.1 Å². The first kappa shape index (κ1) is 9.06. The Hall–Kier alpha value is -1.51. The molecule has 1 N–H and O–H groups in total. The van der Waals surface area contributed by atoms with Crippen LogP contribution < -0.4 is 4.74 Å². The van der Waals surface area contributed by atoms with Crippen LogP contribution in [0.2, 0.25) is 0 Å². The van der Waals surface area contributed by atoms with Gasteiger partial charge >= 0.3 is 5.97 Å². The third-order valence-corrected chi connectivity index (χ3v) is 2.61. The highest BCUT2D eigenvalue weighted by Crippen LogP contribution is 2.38. The van der Waals surface area contributed by atoms with Crippen LogP contribution in [0.3, 0.4) is 0 Å². The van der Waals surface area contributed by atoms with E-state index in [1.54, 1.807) is 0 Å². The fourth-order valence-corrected chi connectivity index (χ4v) is 1.79. The van der Waals surface area contributed by atoms with Gasteiger partial charge in [0.25, 0.3) is 0 Å². The van der Waals surface area contributed by atoms with Crippen molar-refractivity contribution in [1.29, 1.82) is 0 Å². The monoisotopic (exact) mass is 192 g/mol. The summed E-state index contributed by atoms with van der Waals surface area (Å²) in [5.41, 5.74) is 2.07. The summed E-state index contributed by atoms with van der Waals surface area (Å²) < 4.78 is 5.36. The summed E-state index contributed by atoms with van der Waals surface area (Å²) in [5.74, 6) is -0.251. The van der Waals surface area contributed by atoms with Crippen LogP contribution in [0.4, 0.5) is 0 Å². The van der Waals surface area contributed by atoms with E-state index in [1.807, 2.05) is 32.0 Å². The first-order valence-corrected chi connectivity index (χ1v) is 4.59. The minimum absolute atomic E-state index is 0.0666.